The number of halogens is 1. The fourth-order valence-corrected chi connectivity index (χ4v) is 3.66. The highest BCUT2D eigenvalue weighted by atomic mass is 35.5. The normalized spacial score (nSPS) is 21.4. The van der Waals surface area contributed by atoms with Gasteiger partial charge < -0.3 is 0 Å². The van der Waals surface area contributed by atoms with E-state index in [4.69, 9.17) is 11.6 Å². The molecule has 0 heterocycles. The van der Waals surface area contributed by atoms with Crippen LogP contribution >= 0.6 is 11.6 Å². The third-order valence-corrected chi connectivity index (χ3v) is 5.11. The first-order valence-electron chi connectivity index (χ1n) is 7.09. The first-order valence-corrected chi connectivity index (χ1v) is 7.46. The van der Waals surface area contributed by atoms with Gasteiger partial charge in [-0.3, -0.25) is 4.79 Å². The Bertz CT molecular complexity index is 535. The molecule has 0 atom stereocenters. The lowest BCUT2D eigenvalue weighted by Gasteiger charge is -2.46. The van der Waals surface area contributed by atoms with Gasteiger partial charge in [-0.1, -0.05) is 30.2 Å². The average molecular weight is 275 g/mol. The minimum atomic E-state index is 0.235. The molecule has 0 bridgehead atoms. The van der Waals surface area contributed by atoms with E-state index in [9.17, 15) is 4.79 Å². The molecule has 1 aromatic rings. The third kappa shape index (κ3) is 2.36. The predicted octanol–water partition coefficient (Wildman–Crippen LogP) is 5.04. The monoisotopic (exact) mass is 274 g/mol. The second kappa shape index (κ2) is 4.79. The Morgan fingerprint density at radius 3 is 2.37 bits per heavy atom. The summed E-state index contributed by atoms with van der Waals surface area (Å²) < 4.78 is 0. The second-order valence-electron chi connectivity index (χ2n) is 6.05. The number of ketones is 1. The maximum Gasteiger partial charge on any atom is 0.156 e. The molecule has 3 rings (SSSR count). The van der Waals surface area contributed by atoms with Gasteiger partial charge in [0.2, 0.25) is 0 Å². The summed E-state index contributed by atoms with van der Waals surface area (Å²) in [7, 11) is 0. The number of rotatable bonds is 2. The van der Waals surface area contributed by atoms with Gasteiger partial charge in [-0.05, 0) is 73.3 Å². The fourth-order valence-electron chi connectivity index (χ4n) is 3.53. The van der Waals surface area contributed by atoms with E-state index in [0.29, 0.717) is 5.41 Å². The first-order chi connectivity index (χ1) is 9.10. The molecule has 1 spiro atoms. The second-order valence-corrected chi connectivity index (χ2v) is 6.49. The molecule has 2 aliphatic rings. The Morgan fingerprint density at radius 2 is 1.84 bits per heavy atom. The minimum Gasteiger partial charge on any atom is -0.295 e. The lowest BCUT2D eigenvalue weighted by Crippen LogP contribution is -2.33. The van der Waals surface area contributed by atoms with Gasteiger partial charge in [-0.25, -0.2) is 0 Å². The molecule has 0 unspecified atom stereocenters. The molecule has 0 aromatic heterocycles. The summed E-state index contributed by atoms with van der Waals surface area (Å²) in [5.74, 6) is 0.235. The molecule has 1 fully saturated rings. The van der Waals surface area contributed by atoms with Crippen molar-refractivity contribution in [1.82, 2.24) is 0 Å². The predicted molar refractivity (Wildman–Crippen MR) is 79.2 cm³/mol. The van der Waals surface area contributed by atoms with Crippen molar-refractivity contribution in [3.8, 4) is 0 Å². The number of benzene rings is 1. The number of Topliss-reactive ketones (excluding diaryl/α,β-unsaturated/α-hetero) is 1. The van der Waals surface area contributed by atoms with Gasteiger partial charge in [-0.2, -0.15) is 0 Å². The average Bonchev–Trinajstić information content (AvgIpc) is 2.37. The van der Waals surface area contributed by atoms with Gasteiger partial charge in [-0.15, -0.1) is 0 Å². The highest BCUT2D eigenvalue weighted by molar-refractivity contribution is 6.30. The van der Waals surface area contributed by atoms with Gasteiger partial charge >= 0.3 is 0 Å². The zero-order valence-electron chi connectivity index (χ0n) is 11.3. The molecule has 0 aliphatic heterocycles. The molecule has 0 radical (unpaired) electrons. The summed E-state index contributed by atoms with van der Waals surface area (Å²) in [6.07, 6.45) is 7.23. The largest absolute Gasteiger partial charge is 0.295 e. The number of allylic oxidation sites excluding steroid dienone is 2. The van der Waals surface area contributed by atoms with Crippen LogP contribution in [-0.2, 0) is 4.79 Å². The first kappa shape index (κ1) is 12.9. The van der Waals surface area contributed by atoms with E-state index in [1.54, 1.807) is 6.92 Å². The van der Waals surface area contributed by atoms with Crippen LogP contribution in [0.5, 0.6) is 0 Å². The fraction of sp³-hybridized carbons (Fsp3) is 0.471. The molecular formula is C17H19ClO. The van der Waals surface area contributed by atoms with Crippen LogP contribution in [0.25, 0.3) is 5.57 Å². The van der Waals surface area contributed by atoms with Gasteiger partial charge in [0.15, 0.2) is 5.78 Å². The summed E-state index contributed by atoms with van der Waals surface area (Å²) in [4.78, 5) is 11.9. The van der Waals surface area contributed by atoms with E-state index in [-0.39, 0.29) is 5.78 Å². The molecule has 0 saturated heterocycles. The molecule has 1 nitrogen and oxygen atoms in total. The highest BCUT2D eigenvalue weighted by Crippen LogP contribution is 2.55. The lowest BCUT2D eigenvalue weighted by atomic mass is 9.59. The van der Waals surface area contributed by atoms with E-state index in [1.807, 2.05) is 12.1 Å². The molecular weight excluding hydrogens is 256 g/mol. The summed E-state index contributed by atoms with van der Waals surface area (Å²) >= 11 is 5.96. The van der Waals surface area contributed by atoms with Crippen molar-refractivity contribution < 1.29 is 4.79 Å². The molecule has 0 amide bonds. The topological polar surface area (TPSA) is 17.1 Å². The SMILES string of the molecule is CC(=O)C1=C(c2ccc(Cl)cc2)CC2(CCC2)CC1. The van der Waals surface area contributed by atoms with Crippen molar-refractivity contribution in [2.24, 2.45) is 5.41 Å². The van der Waals surface area contributed by atoms with Crippen molar-refractivity contribution in [2.75, 3.05) is 0 Å². The Hall–Kier alpha value is -1.08. The number of carbonyl (C=O) groups excluding carboxylic acids is 1. The Balaban J connectivity index is 2.01. The van der Waals surface area contributed by atoms with Crippen LogP contribution in [0.4, 0.5) is 0 Å². The maximum absolute atomic E-state index is 11.9. The van der Waals surface area contributed by atoms with Crippen molar-refractivity contribution in [3.05, 3.63) is 40.4 Å². The Labute approximate surface area is 119 Å². The van der Waals surface area contributed by atoms with Crippen LogP contribution in [0.2, 0.25) is 5.02 Å². The van der Waals surface area contributed by atoms with E-state index in [0.717, 1.165) is 23.4 Å². The Morgan fingerprint density at radius 1 is 1.16 bits per heavy atom. The van der Waals surface area contributed by atoms with Crippen molar-refractivity contribution in [2.45, 2.75) is 45.4 Å². The van der Waals surface area contributed by atoms with Gasteiger partial charge in [0.05, 0.1) is 0 Å². The van der Waals surface area contributed by atoms with Crippen LogP contribution in [-0.4, -0.2) is 5.78 Å². The van der Waals surface area contributed by atoms with Crippen molar-refractivity contribution >= 4 is 23.0 Å². The van der Waals surface area contributed by atoms with Crippen LogP contribution in [0.1, 0.15) is 51.0 Å². The van der Waals surface area contributed by atoms with Crippen LogP contribution in [0.3, 0.4) is 0 Å². The molecule has 2 aliphatic carbocycles. The number of hydrogen-bond acceptors (Lipinski definition) is 1. The summed E-state index contributed by atoms with van der Waals surface area (Å²) in [6.45, 7) is 1.70. The maximum atomic E-state index is 11.9. The molecule has 19 heavy (non-hydrogen) atoms. The summed E-state index contributed by atoms with van der Waals surface area (Å²) in [5, 5.41) is 0.753. The van der Waals surface area contributed by atoms with Gasteiger partial charge in [0.1, 0.15) is 0 Å². The van der Waals surface area contributed by atoms with Crippen LogP contribution < -0.4 is 0 Å². The highest BCUT2D eigenvalue weighted by Gasteiger charge is 2.41. The van der Waals surface area contributed by atoms with Gasteiger partial charge in [0.25, 0.3) is 0 Å². The quantitative estimate of drug-likeness (QED) is 0.739. The van der Waals surface area contributed by atoms with E-state index in [1.165, 1.54) is 36.8 Å². The molecule has 0 N–H and O–H groups in total. The number of carbonyl (C=O) groups is 1. The van der Waals surface area contributed by atoms with Gasteiger partial charge in [0, 0.05) is 5.02 Å². The van der Waals surface area contributed by atoms with Crippen molar-refractivity contribution in [3.63, 3.8) is 0 Å². The minimum absolute atomic E-state index is 0.235. The van der Waals surface area contributed by atoms with E-state index >= 15 is 0 Å². The lowest BCUT2D eigenvalue weighted by molar-refractivity contribution is -0.113. The molecule has 1 aromatic carbocycles. The zero-order chi connectivity index (χ0) is 13.5. The summed E-state index contributed by atoms with van der Waals surface area (Å²) in [5.41, 5.74) is 3.99. The summed E-state index contributed by atoms with van der Waals surface area (Å²) in [6, 6.07) is 7.95. The number of hydrogen-bond donors (Lipinski definition) is 0. The zero-order valence-corrected chi connectivity index (χ0v) is 12.1. The van der Waals surface area contributed by atoms with E-state index < -0.39 is 0 Å². The molecule has 100 valence electrons. The van der Waals surface area contributed by atoms with Crippen LogP contribution in [0, 0.1) is 5.41 Å². The van der Waals surface area contributed by atoms with Crippen molar-refractivity contribution in [1.29, 1.82) is 0 Å². The van der Waals surface area contributed by atoms with E-state index in [2.05, 4.69) is 12.1 Å². The Kier molecular flexibility index (Phi) is 3.26. The smallest absolute Gasteiger partial charge is 0.156 e. The standard InChI is InChI=1S/C17H19ClO/c1-12(19)15-7-10-17(8-2-9-17)11-16(15)13-3-5-14(18)6-4-13/h3-6H,2,7-11H2,1H3. The van der Waals surface area contributed by atoms with Crippen LogP contribution in [0.15, 0.2) is 29.8 Å². The molecule has 1 saturated carbocycles. The third-order valence-electron chi connectivity index (χ3n) is 4.85. The molecule has 2 heteroatoms.